The fourth-order valence-corrected chi connectivity index (χ4v) is 3.75. The van der Waals surface area contributed by atoms with E-state index in [9.17, 15) is 9.59 Å². The van der Waals surface area contributed by atoms with Gasteiger partial charge in [0.15, 0.2) is 6.61 Å². The lowest BCUT2D eigenvalue weighted by atomic mass is 10.0. The Morgan fingerprint density at radius 2 is 1.69 bits per heavy atom. The zero-order valence-corrected chi connectivity index (χ0v) is 19.4. The van der Waals surface area contributed by atoms with E-state index >= 15 is 0 Å². The van der Waals surface area contributed by atoms with Gasteiger partial charge in [-0.2, -0.15) is 0 Å². The normalized spacial score (nSPS) is 11.4. The molecular formula is C26H31NO5. The molecule has 0 spiro atoms. The average molecular weight is 438 g/mol. The number of carbonyl (C=O) groups is 2. The number of hydrogen-bond acceptors (Lipinski definition) is 5. The maximum atomic E-state index is 12.7. The molecule has 3 aromatic rings. The third-order valence-electron chi connectivity index (χ3n) is 5.02. The summed E-state index contributed by atoms with van der Waals surface area (Å²) in [5, 5.41) is 0.983. The van der Waals surface area contributed by atoms with Crippen LogP contribution in [0.2, 0.25) is 0 Å². The van der Waals surface area contributed by atoms with Gasteiger partial charge in [-0.25, -0.2) is 4.79 Å². The summed E-state index contributed by atoms with van der Waals surface area (Å²) in [5.41, 5.74) is 3.43. The smallest absolute Gasteiger partial charge is 0.344 e. The summed E-state index contributed by atoms with van der Waals surface area (Å²) in [6.45, 7) is 9.44. The summed E-state index contributed by atoms with van der Waals surface area (Å²) < 4.78 is 18.3. The Morgan fingerprint density at radius 1 is 0.969 bits per heavy atom. The lowest BCUT2D eigenvalue weighted by Crippen LogP contribution is -2.26. The highest BCUT2D eigenvalue weighted by Crippen LogP contribution is 2.34. The van der Waals surface area contributed by atoms with Crippen LogP contribution in [0.5, 0.6) is 5.75 Å². The van der Waals surface area contributed by atoms with Crippen molar-refractivity contribution in [3.63, 3.8) is 0 Å². The van der Waals surface area contributed by atoms with Gasteiger partial charge in [0.05, 0.1) is 12.1 Å². The molecule has 3 rings (SSSR count). The molecule has 32 heavy (non-hydrogen) atoms. The topological polar surface area (TPSA) is 66.8 Å². The van der Waals surface area contributed by atoms with E-state index in [0.717, 1.165) is 22.2 Å². The van der Waals surface area contributed by atoms with Gasteiger partial charge in [0, 0.05) is 11.1 Å². The standard InChI is InChI=1S/C26H31NO5/c1-6-30-24(29)17-31-22-14-10-13-20-21(15-19-11-8-7-9-12-19)18(2)27(25(20)22)16-23(28)32-26(3,4)5/h7-14H,6,15-17H2,1-5H3. The van der Waals surface area contributed by atoms with Crippen molar-refractivity contribution in [1.29, 1.82) is 0 Å². The predicted molar refractivity (Wildman–Crippen MR) is 124 cm³/mol. The Balaban J connectivity index is 2.05. The molecule has 0 atom stereocenters. The van der Waals surface area contributed by atoms with Crippen LogP contribution in [0.15, 0.2) is 48.5 Å². The summed E-state index contributed by atoms with van der Waals surface area (Å²) in [5.74, 6) is -0.235. The third kappa shape index (κ3) is 5.69. The van der Waals surface area contributed by atoms with Gasteiger partial charge in [0.2, 0.25) is 0 Å². The van der Waals surface area contributed by atoms with Crippen molar-refractivity contribution in [2.75, 3.05) is 13.2 Å². The van der Waals surface area contributed by atoms with E-state index in [1.165, 1.54) is 5.56 Å². The maximum Gasteiger partial charge on any atom is 0.344 e. The van der Waals surface area contributed by atoms with Crippen LogP contribution >= 0.6 is 0 Å². The number of ether oxygens (including phenoxy) is 3. The van der Waals surface area contributed by atoms with E-state index in [0.29, 0.717) is 18.8 Å². The highest BCUT2D eigenvalue weighted by molar-refractivity contribution is 5.92. The quantitative estimate of drug-likeness (QED) is 0.473. The minimum atomic E-state index is -0.579. The van der Waals surface area contributed by atoms with Gasteiger partial charge in [0.25, 0.3) is 0 Å². The molecule has 170 valence electrons. The molecule has 0 aliphatic rings. The minimum absolute atomic E-state index is 0.0498. The van der Waals surface area contributed by atoms with Gasteiger partial charge in [-0.3, -0.25) is 4.79 Å². The van der Waals surface area contributed by atoms with E-state index in [1.807, 2.05) is 62.6 Å². The number of esters is 2. The zero-order chi connectivity index (χ0) is 23.3. The van der Waals surface area contributed by atoms with Crippen LogP contribution in [-0.2, 0) is 32.0 Å². The molecule has 0 fully saturated rings. The molecule has 6 nitrogen and oxygen atoms in total. The molecule has 1 heterocycles. The SMILES string of the molecule is CCOC(=O)COc1cccc2c(Cc3ccccc3)c(C)n(CC(=O)OC(C)(C)C)c12. The number of benzene rings is 2. The zero-order valence-electron chi connectivity index (χ0n) is 19.4. The number of fused-ring (bicyclic) bond motifs is 1. The van der Waals surface area contributed by atoms with Gasteiger partial charge in [-0.05, 0) is 58.2 Å². The Labute approximate surface area is 189 Å². The third-order valence-corrected chi connectivity index (χ3v) is 5.02. The van der Waals surface area contributed by atoms with Crippen LogP contribution in [0, 0.1) is 6.92 Å². The summed E-state index contributed by atoms with van der Waals surface area (Å²) in [6.07, 6.45) is 0.714. The van der Waals surface area contributed by atoms with Crippen LogP contribution in [0.25, 0.3) is 10.9 Å². The number of nitrogens with zero attached hydrogens (tertiary/aromatic N) is 1. The second kappa shape index (κ2) is 9.90. The number of para-hydroxylation sites is 1. The van der Waals surface area contributed by atoms with Gasteiger partial charge in [-0.1, -0.05) is 42.5 Å². The lowest BCUT2D eigenvalue weighted by molar-refractivity contribution is -0.155. The first-order valence-corrected chi connectivity index (χ1v) is 10.8. The molecule has 0 unspecified atom stereocenters. The van der Waals surface area contributed by atoms with Crippen molar-refractivity contribution >= 4 is 22.8 Å². The van der Waals surface area contributed by atoms with Crippen molar-refractivity contribution in [3.8, 4) is 5.75 Å². The Morgan fingerprint density at radius 3 is 2.34 bits per heavy atom. The first-order chi connectivity index (χ1) is 15.2. The fourth-order valence-electron chi connectivity index (χ4n) is 3.75. The Bertz CT molecular complexity index is 1090. The monoisotopic (exact) mass is 437 g/mol. The number of rotatable bonds is 8. The summed E-state index contributed by atoms with van der Waals surface area (Å²) >= 11 is 0. The molecular weight excluding hydrogens is 406 g/mol. The fraction of sp³-hybridized carbons (Fsp3) is 0.385. The molecule has 0 saturated heterocycles. The van der Waals surface area contributed by atoms with Gasteiger partial charge >= 0.3 is 11.9 Å². The molecule has 1 aromatic heterocycles. The van der Waals surface area contributed by atoms with Gasteiger partial charge < -0.3 is 18.8 Å². The van der Waals surface area contributed by atoms with E-state index < -0.39 is 11.6 Å². The van der Waals surface area contributed by atoms with Crippen LogP contribution in [0.4, 0.5) is 0 Å². The molecule has 0 aliphatic heterocycles. The summed E-state index contributed by atoms with van der Waals surface area (Å²) in [4.78, 5) is 24.6. The highest BCUT2D eigenvalue weighted by atomic mass is 16.6. The molecule has 0 amide bonds. The molecule has 2 aromatic carbocycles. The average Bonchev–Trinajstić information content (AvgIpc) is 2.98. The maximum absolute atomic E-state index is 12.7. The minimum Gasteiger partial charge on any atom is -0.480 e. The first kappa shape index (κ1) is 23.4. The van der Waals surface area contributed by atoms with E-state index in [2.05, 4.69) is 12.1 Å². The molecule has 0 bridgehead atoms. The highest BCUT2D eigenvalue weighted by Gasteiger charge is 2.23. The van der Waals surface area contributed by atoms with Gasteiger partial charge in [0.1, 0.15) is 17.9 Å². The van der Waals surface area contributed by atoms with Crippen molar-refractivity contribution < 1.29 is 23.8 Å². The van der Waals surface area contributed by atoms with Crippen LogP contribution in [0.1, 0.15) is 44.5 Å². The largest absolute Gasteiger partial charge is 0.480 e. The molecule has 0 saturated carbocycles. The summed E-state index contributed by atoms with van der Waals surface area (Å²) in [7, 11) is 0. The second-order valence-electron chi connectivity index (χ2n) is 8.64. The molecule has 6 heteroatoms. The summed E-state index contributed by atoms with van der Waals surface area (Å²) in [6, 6.07) is 15.9. The second-order valence-corrected chi connectivity index (χ2v) is 8.64. The van der Waals surface area contributed by atoms with E-state index in [4.69, 9.17) is 14.2 Å². The molecule has 0 aliphatic carbocycles. The van der Waals surface area contributed by atoms with Crippen molar-refractivity contribution in [2.45, 2.75) is 53.2 Å². The number of aromatic nitrogens is 1. The number of carbonyl (C=O) groups excluding carboxylic acids is 2. The van der Waals surface area contributed by atoms with Crippen molar-refractivity contribution in [3.05, 3.63) is 65.4 Å². The lowest BCUT2D eigenvalue weighted by Gasteiger charge is -2.20. The van der Waals surface area contributed by atoms with Crippen LogP contribution in [-0.4, -0.2) is 35.3 Å². The van der Waals surface area contributed by atoms with Crippen LogP contribution in [0.3, 0.4) is 0 Å². The molecule has 0 radical (unpaired) electrons. The Kier molecular flexibility index (Phi) is 7.23. The van der Waals surface area contributed by atoms with Crippen LogP contribution < -0.4 is 4.74 Å². The van der Waals surface area contributed by atoms with E-state index in [-0.39, 0.29) is 19.1 Å². The van der Waals surface area contributed by atoms with Gasteiger partial charge in [-0.15, -0.1) is 0 Å². The molecule has 0 N–H and O–H groups in total. The van der Waals surface area contributed by atoms with Crippen molar-refractivity contribution in [2.24, 2.45) is 0 Å². The van der Waals surface area contributed by atoms with E-state index in [1.54, 1.807) is 13.0 Å². The Hall–Kier alpha value is -3.28. The first-order valence-electron chi connectivity index (χ1n) is 10.8. The predicted octanol–water partition coefficient (Wildman–Crippen LogP) is 4.82. The number of hydrogen-bond donors (Lipinski definition) is 0. The van der Waals surface area contributed by atoms with Crippen molar-refractivity contribution in [1.82, 2.24) is 4.57 Å².